The van der Waals surface area contributed by atoms with Crippen LogP contribution in [0.2, 0.25) is 5.02 Å². The number of aromatic amines is 1. The van der Waals surface area contributed by atoms with Gasteiger partial charge in [0.2, 0.25) is 0 Å². The van der Waals surface area contributed by atoms with E-state index in [1.165, 1.54) is 25.9 Å². The Kier molecular flexibility index (Phi) is 3.91. The van der Waals surface area contributed by atoms with E-state index in [-0.39, 0.29) is 0 Å². The zero-order valence-electron chi connectivity index (χ0n) is 10.9. The van der Waals surface area contributed by atoms with Crippen LogP contribution in [0.1, 0.15) is 19.3 Å². The number of halogens is 1. The molecule has 2 heterocycles. The number of para-hydroxylation sites is 1. The van der Waals surface area contributed by atoms with Gasteiger partial charge in [-0.2, -0.15) is 0 Å². The van der Waals surface area contributed by atoms with Gasteiger partial charge in [0.05, 0.1) is 16.1 Å². The molecule has 1 fully saturated rings. The van der Waals surface area contributed by atoms with Crippen LogP contribution < -0.4 is 0 Å². The second-order valence-electron chi connectivity index (χ2n) is 5.12. The fraction of sp³-hybridized carbons (Fsp3) is 0.500. The van der Waals surface area contributed by atoms with Crippen LogP contribution in [-0.2, 0) is 6.54 Å². The van der Waals surface area contributed by atoms with Crippen molar-refractivity contribution in [2.45, 2.75) is 25.8 Å². The molecule has 1 N–H and O–H groups in total. The largest absolute Gasteiger partial charge is 0.329 e. The van der Waals surface area contributed by atoms with Crippen LogP contribution in [0.15, 0.2) is 18.2 Å². The maximum atomic E-state index is 6.18. The second-order valence-corrected chi connectivity index (χ2v) is 5.91. The highest BCUT2D eigenvalue weighted by Gasteiger charge is 2.11. The molecule has 1 saturated heterocycles. The molecule has 1 aliphatic heterocycles. The minimum Gasteiger partial charge on any atom is -0.329 e. The van der Waals surface area contributed by atoms with Crippen molar-refractivity contribution in [3.8, 4) is 0 Å². The topological polar surface area (TPSA) is 24.0 Å². The van der Waals surface area contributed by atoms with Gasteiger partial charge in [-0.1, -0.05) is 17.7 Å². The summed E-state index contributed by atoms with van der Waals surface area (Å²) in [5, 5.41) is 0.738. The van der Waals surface area contributed by atoms with E-state index >= 15 is 0 Å². The Morgan fingerprint density at radius 3 is 2.79 bits per heavy atom. The van der Waals surface area contributed by atoms with Crippen LogP contribution in [-0.4, -0.2) is 34.1 Å². The molecule has 0 spiro atoms. The van der Waals surface area contributed by atoms with Crippen molar-refractivity contribution in [1.82, 2.24) is 14.5 Å². The minimum absolute atomic E-state index is 0.738. The molecule has 0 atom stereocenters. The lowest BCUT2D eigenvalue weighted by atomic mass is 10.3. The van der Waals surface area contributed by atoms with Crippen LogP contribution in [0, 0.1) is 4.77 Å². The third-order valence-electron chi connectivity index (χ3n) is 3.81. The number of benzene rings is 1. The van der Waals surface area contributed by atoms with E-state index in [4.69, 9.17) is 23.8 Å². The van der Waals surface area contributed by atoms with Crippen LogP contribution in [0.4, 0.5) is 0 Å². The molecule has 19 heavy (non-hydrogen) atoms. The van der Waals surface area contributed by atoms with Gasteiger partial charge >= 0.3 is 0 Å². The lowest BCUT2D eigenvalue weighted by Crippen LogP contribution is -2.21. The SMILES string of the molecule is S=c1[nH]c2c(Cl)cccc2n1CCCN1CCCC1. The van der Waals surface area contributed by atoms with Gasteiger partial charge in [-0.15, -0.1) is 0 Å². The van der Waals surface area contributed by atoms with E-state index in [1.807, 2.05) is 12.1 Å². The summed E-state index contributed by atoms with van der Waals surface area (Å²) in [6.45, 7) is 4.63. The molecule has 0 unspecified atom stereocenters. The number of fused-ring (bicyclic) bond motifs is 1. The van der Waals surface area contributed by atoms with Gasteiger partial charge in [0.25, 0.3) is 0 Å². The Morgan fingerprint density at radius 1 is 1.21 bits per heavy atom. The van der Waals surface area contributed by atoms with Crippen LogP contribution in [0.3, 0.4) is 0 Å². The van der Waals surface area contributed by atoms with Crippen molar-refractivity contribution in [1.29, 1.82) is 0 Å². The number of nitrogens with one attached hydrogen (secondary N) is 1. The molecular formula is C14H18ClN3S. The highest BCUT2D eigenvalue weighted by Crippen LogP contribution is 2.22. The molecule has 0 bridgehead atoms. The van der Waals surface area contributed by atoms with Crippen molar-refractivity contribution < 1.29 is 0 Å². The van der Waals surface area contributed by atoms with Crippen molar-refractivity contribution >= 4 is 34.9 Å². The van der Waals surface area contributed by atoms with Crippen molar-refractivity contribution in [2.75, 3.05) is 19.6 Å². The van der Waals surface area contributed by atoms with Crippen molar-refractivity contribution in [2.24, 2.45) is 0 Å². The zero-order valence-corrected chi connectivity index (χ0v) is 12.4. The zero-order chi connectivity index (χ0) is 13.2. The molecular weight excluding hydrogens is 278 g/mol. The summed E-state index contributed by atoms with van der Waals surface area (Å²) in [6, 6.07) is 5.94. The summed E-state index contributed by atoms with van der Waals surface area (Å²) >= 11 is 11.6. The number of likely N-dealkylation sites (tertiary alicyclic amines) is 1. The fourth-order valence-electron chi connectivity index (χ4n) is 2.83. The third kappa shape index (κ3) is 2.71. The smallest absolute Gasteiger partial charge is 0.178 e. The number of imidazole rings is 1. The van der Waals surface area contributed by atoms with Gasteiger partial charge in [0.15, 0.2) is 4.77 Å². The quantitative estimate of drug-likeness (QED) is 0.867. The van der Waals surface area contributed by atoms with Gasteiger partial charge in [-0.05, 0) is 63.2 Å². The van der Waals surface area contributed by atoms with E-state index < -0.39 is 0 Å². The Labute approximate surface area is 123 Å². The summed E-state index contributed by atoms with van der Waals surface area (Å²) < 4.78 is 2.93. The molecule has 5 heteroatoms. The number of H-pyrrole nitrogens is 1. The maximum Gasteiger partial charge on any atom is 0.178 e. The predicted octanol–water partition coefficient (Wildman–Crippen LogP) is 3.84. The van der Waals surface area contributed by atoms with Gasteiger partial charge in [0.1, 0.15) is 0 Å². The molecule has 3 nitrogen and oxygen atoms in total. The highest BCUT2D eigenvalue weighted by atomic mass is 35.5. The van der Waals surface area contributed by atoms with E-state index in [0.29, 0.717) is 0 Å². The first-order valence-electron chi connectivity index (χ1n) is 6.85. The second kappa shape index (κ2) is 5.65. The number of rotatable bonds is 4. The van der Waals surface area contributed by atoms with Gasteiger partial charge < -0.3 is 14.5 Å². The Balaban J connectivity index is 1.75. The monoisotopic (exact) mass is 295 g/mol. The Morgan fingerprint density at radius 2 is 2.00 bits per heavy atom. The summed E-state index contributed by atoms with van der Waals surface area (Å²) in [5.74, 6) is 0. The first-order valence-corrected chi connectivity index (χ1v) is 7.64. The standard InChI is InChI=1S/C14H18ClN3S/c15-11-5-3-6-12-13(11)16-14(19)18(12)10-4-9-17-7-1-2-8-17/h3,5-6H,1-2,4,7-10H2,(H,16,19). The van der Waals surface area contributed by atoms with Crippen LogP contribution >= 0.6 is 23.8 Å². The molecule has 0 radical (unpaired) electrons. The first-order chi connectivity index (χ1) is 9.25. The summed E-state index contributed by atoms with van der Waals surface area (Å²) in [6.07, 6.45) is 3.83. The Bertz CT molecular complexity index is 625. The lowest BCUT2D eigenvalue weighted by Gasteiger charge is -2.14. The number of nitrogens with zero attached hydrogens (tertiary/aromatic N) is 2. The molecule has 102 valence electrons. The molecule has 1 aliphatic rings. The first kappa shape index (κ1) is 13.2. The average molecular weight is 296 g/mol. The molecule has 2 aromatic rings. The number of aromatic nitrogens is 2. The van der Waals surface area contributed by atoms with Gasteiger partial charge in [0, 0.05) is 6.54 Å². The van der Waals surface area contributed by atoms with Crippen LogP contribution in [0.25, 0.3) is 11.0 Å². The molecule has 0 aliphatic carbocycles. The lowest BCUT2D eigenvalue weighted by molar-refractivity contribution is 0.326. The van der Waals surface area contributed by atoms with E-state index in [0.717, 1.165) is 40.3 Å². The van der Waals surface area contributed by atoms with Gasteiger partial charge in [-0.25, -0.2) is 0 Å². The molecule has 3 rings (SSSR count). The Hall–Kier alpha value is -0.840. The number of aryl methyl sites for hydroxylation is 1. The maximum absolute atomic E-state index is 6.18. The summed E-state index contributed by atoms with van der Waals surface area (Å²) in [5.41, 5.74) is 2.06. The van der Waals surface area contributed by atoms with E-state index in [2.05, 4.69) is 20.5 Å². The minimum atomic E-state index is 0.738. The number of hydrogen-bond acceptors (Lipinski definition) is 2. The molecule has 0 amide bonds. The number of hydrogen-bond donors (Lipinski definition) is 1. The van der Waals surface area contributed by atoms with Crippen LogP contribution in [0.5, 0.6) is 0 Å². The van der Waals surface area contributed by atoms with Gasteiger partial charge in [-0.3, -0.25) is 0 Å². The third-order valence-corrected chi connectivity index (χ3v) is 4.45. The fourth-order valence-corrected chi connectivity index (χ4v) is 3.33. The van der Waals surface area contributed by atoms with E-state index in [9.17, 15) is 0 Å². The van der Waals surface area contributed by atoms with Crippen molar-refractivity contribution in [3.63, 3.8) is 0 Å². The predicted molar refractivity (Wildman–Crippen MR) is 82.4 cm³/mol. The normalized spacial score (nSPS) is 16.5. The van der Waals surface area contributed by atoms with E-state index in [1.54, 1.807) is 0 Å². The summed E-state index contributed by atoms with van der Waals surface area (Å²) in [4.78, 5) is 5.74. The summed E-state index contributed by atoms with van der Waals surface area (Å²) in [7, 11) is 0. The average Bonchev–Trinajstić information content (AvgIpc) is 3.00. The molecule has 1 aromatic heterocycles. The highest BCUT2D eigenvalue weighted by molar-refractivity contribution is 7.71. The molecule has 0 saturated carbocycles. The van der Waals surface area contributed by atoms with Crippen molar-refractivity contribution in [3.05, 3.63) is 28.0 Å². The molecule has 1 aromatic carbocycles.